The third-order valence-corrected chi connectivity index (χ3v) is 6.81. The molecule has 0 bridgehead atoms. The molecule has 0 radical (unpaired) electrons. The second-order valence-corrected chi connectivity index (χ2v) is 9.61. The summed E-state index contributed by atoms with van der Waals surface area (Å²) in [7, 11) is 1.82. The SMILES string of the molecule is Cn1c(=O)n(C2CCCC2)c2nc(NC3CCC(C(C)(C)C)CC3)ncc21. The zero-order valence-electron chi connectivity index (χ0n) is 17.2. The number of hydrogen-bond donors (Lipinski definition) is 1. The van der Waals surface area contributed by atoms with Crippen molar-refractivity contribution in [3.63, 3.8) is 0 Å². The number of rotatable bonds is 3. The Morgan fingerprint density at radius 1 is 1.07 bits per heavy atom. The number of anilines is 1. The van der Waals surface area contributed by atoms with Gasteiger partial charge in [-0.15, -0.1) is 0 Å². The summed E-state index contributed by atoms with van der Waals surface area (Å²) < 4.78 is 3.59. The molecule has 2 aliphatic carbocycles. The van der Waals surface area contributed by atoms with Crippen LogP contribution in [0.25, 0.3) is 11.2 Å². The largest absolute Gasteiger partial charge is 0.351 e. The van der Waals surface area contributed by atoms with E-state index in [9.17, 15) is 4.79 Å². The number of aromatic nitrogens is 4. The molecule has 2 aliphatic rings. The zero-order valence-corrected chi connectivity index (χ0v) is 17.2. The van der Waals surface area contributed by atoms with Gasteiger partial charge in [-0.2, -0.15) is 4.98 Å². The lowest BCUT2D eigenvalue weighted by Gasteiger charge is -2.37. The molecule has 0 atom stereocenters. The minimum Gasteiger partial charge on any atom is -0.351 e. The Morgan fingerprint density at radius 2 is 1.74 bits per heavy atom. The van der Waals surface area contributed by atoms with E-state index in [1.807, 2.05) is 11.6 Å². The molecular formula is C21H33N5O. The van der Waals surface area contributed by atoms with Crippen LogP contribution in [0, 0.1) is 11.3 Å². The Bertz CT molecular complexity index is 861. The van der Waals surface area contributed by atoms with Crippen LogP contribution >= 0.6 is 0 Å². The van der Waals surface area contributed by atoms with Crippen molar-refractivity contribution in [2.24, 2.45) is 18.4 Å². The average molecular weight is 372 g/mol. The van der Waals surface area contributed by atoms with Crippen LogP contribution in [0.3, 0.4) is 0 Å². The summed E-state index contributed by atoms with van der Waals surface area (Å²) in [6, 6.07) is 0.711. The van der Waals surface area contributed by atoms with Crippen molar-refractivity contribution in [3.8, 4) is 0 Å². The van der Waals surface area contributed by atoms with Crippen LogP contribution in [0.5, 0.6) is 0 Å². The van der Waals surface area contributed by atoms with Crippen LogP contribution in [0.2, 0.25) is 0 Å². The predicted molar refractivity (Wildman–Crippen MR) is 109 cm³/mol. The van der Waals surface area contributed by atoms with Crippen LogP contribution in [-0.4, -0.2) is 25.1 Å². The number of nitrogens with zero attached hydrogens (tertiary/aromatic N) is 4. The molecule has 2 saturated carbocycles. The number of imidazole rings is 1. The number of hydrogen-bond acceptors (Lipinski definition) is 4. The quantitative estimate of drug-likeness (QED) is 0.875. The van der Waals surface area contributed by atoms with E-state index in [0.717, 1.165) is 42.8 Å². The summed E-state index contributed by atoms with van der Waals surface area (Å²) in [6.07, 6.45) is 11.2. The number of fused-ring (bicyclic) bond motifs is 1. The van der Waals surface area contributed by atoms with Crippen molar-refractivity contribution in [1.82, 2.24) is 19.1 Å². The molecule has 6 nitrogen and oxygen atoms in total. The summed E-state index contributed by atoms with van der Waals surface area (Å²) in [5, 5.41) is 3.54. The van der Waals surface area contributed by atoms with E-state index in [0.29, 0.717) is 17.4 Å². The lowest BCUT2D eigenvalue weighted by Crippen LogP contribution is -2.32. The first-order valence-corrected chi connectivity index (χ1v) is 10.5. The molecule has 2 aromatic heterocycles. The molecule has 148 valence electrons. The highest BCUT2D eigenvalue weighted by atomic mass is 16.1. The van der Waals surface area contributed by atoms with E-state index in [1.165, 1.54) is 25.7 Å². The number of aryl methyl sites for hydroxylation is 1. The van der Waals surface area contributed by atoms with E-state index >= 15 is 0 Å². The topological polar surface area (TPSA) is 64.7 Å². The van der Waals surface area contributed by atoms with E-state index < -0.39 is 0 Å². The van der Waals surface area contributed by atoms with Crippen molar-refractivity contribution in [1.29, 1.82) is 0 Å². The minimum atomic E-state index is 0.0361. The standard InChI is InChI=1S/C21H33N5O/c1-21(2,3)14-9-11-15(12-10-14)23-19-22-13-17-18(24-19)26(20(27)25(17)4)16-7-5-6-8-16/h13-16H,5-12H2,1-4H3,(H,22,23,24). The van der Waals surface area contributed by atoms with Crippen LogP contribution in [-0.2, 0) is 7.05 Å². The van der Waals surface area contributed by atoms with Gasteiger partial charge in [0.1, 0.15) is 5.52 Å². The lowest BCUT2D eigenvalue weighted by atomic mass is 9.71. The van der Waals surface area contributed by atoms with Gasteiger partial charge in [-0.1, -0.05) is 33.6 Å². The third-order valence-electron chi connectivity index (χ3n) is 6.81. The first kappa shape index (κ1) is 18.5. The first-order valence-electron chi connectivity index (χ1n) is 10.5. The molecule has 0 spiro atoms. The van der Waals surface area contributed by atoms with Gasteiger partial charge in [-0.05, 0) is 49.9 Å². The lowest BCUT2D eigenvalue weighted by molar-refractivity contribution is 0.173. The average Bonchev–Trinajstić information content (AvgIpc) is 3.22. The van der Waals surface area contributed by atoms with Gasteiger partial charge in [0.25, 0.3) is 0 Å². The van der Waals surface area contributed by atoms with Gasteiger partial charge >= 0.3 is 5.69 Å². The fourth-order valence-electron chi connectivity index (χ4n) is 4.98. The highest BCUT2D eigenvalue weighted by Gasteiger charge is 2.30. The Hall–Kier alpha value is -1.85. The van der Waals surface area contributed by atoms with Crippen molar-refractivity contribution in [2.45, 2.75) is 84.2 Å². The minimum absolute atomic E-state index is 0.0361. The molecule has 2 heterocycles. The molecule has 2 aromatic rings. The maximum atomic E-state index is 12.7. The van der Waals surface area contributed by atoms with Gasteiger partial charge in [0, 0.05) is 19.1 Å². The summed E-state index contributed by atoms with van der Waals surface area (Å²) >= 11 is 0. The van der Waals surface area contributed by atoms with Gasteiger partial charge < -0.3 is 5.32 Å². The molecule has 2 fully saturated rings. The Labute approximate surface area is 161 Å². The molecule has 0 unspecified atom stereocenters. The highest BCUT2D eigenvalue weighted by Crippen LogP contribution is 2.38. The third kappa shape index (κ3) is 3.50. The fourth-order valence-corrected chi connectivity index (χ4v) is 4.98. The van der Waals surface area contributed by atoms with E-state index in [-0.39, 0.29) is 11.7 Å². The summed E-state index contributed by atoms with van der Waals surface area (Å²) in [6.45, 7) is 7.04. The molecule has 0 aliphatic heterocycles. The zero-order chi connectivity index (χ0) is 19.2. The molecule has 27 heavy (non-hydrogen) atoms. The van der Waals surface area contributed by atoms with Crippen molar-refractivity contribution in [2.75, 3.05) is 5.32 Å². The van der Waals surface area contributed by atoms with Crippen molar-refractivity contribution in [3.05, 3.63) is 16.7 Å². The van der Waals surface area contributed by atoms with E-state index in [2.05, 4.69) is 31.1 Å². The van der Waals surface area contributed by atoms with Crippen molar-refractivity contribution < 1.29 is 0 Å². The number of nitrogens with one attached hydrogen (secondary N) is 1. The maximum Gasteiger partial charge on any atom is 0.330 e. The van der Waals surface area contributed by atoms with Crippen LogP contribution in [0.1, 0.15) is 78.2 Å². The second-order valence-electron chi connectivity index (χ2n) is 9.61. The first-order chi connectivity index (χ1) is 12.8. The van der Waals surface area contributed by atoms with Gasteiger partial charge in [0.05, 0.1) is 6.20 Å². The summed E-state index contributed by atoms with van der Waals surface area (Å²) in [4.78, 5) is 22.0. The molecule has 4 rings (SSSR count). The molecule has 1 N–H and O–H groups in total. The van der Waals surface area contributed by atoms with E-state index in [1.54, 1.807) is 10.8 Å². The van der Waals surface area contributed by atoms with Gasteiger partial charge in [0.2, 0.25) is 5.95 Å². The predicted octanol–water partition coefficient (Wildman–Crippen LogP) is 4.26. The Morgan fingerprint density at radius 3 is 2.37 bits per heavy atom. The normalized spacial score (nSPS) is 24.6. The van der Waals surface area contributed by atoms with Gasteiger partial charge in [-0.3, -0.25) is 9.13 Å². The van der Waals surface area contributed by atoms with Gasteiger partial charge in [0.15, 0.2) is 5.65 Å². The molecule has 0 saturated heterocycles. The smallest absolute Gasteiger partial charge is 0.330 e. The Balaban J connectivity index is 1.55. The molecule has 6 heteroatoms. The molecule has 0 amide bonds. The summed E-state index contributed by atoms with van der Waals surface area (Å²) in [5.74, 6) is 1.46. The Kier molecular flexibility index (Phi) is 4.77. The maximum absolute atomic E-state index is 12.7. The fraction of sp³-hybridized carbons (Fsp3) is 0.762. The van der Waals surface area contributed by atoms with Gasteiger partial charge in [-0.25, -0.2) is 9.78 Å². The van der Waals surface area contributed by atoms with Crippen LogP contribution < -0.4 is 11.0 Å². The monoisotopic (exact) mass is 371 g/mol. The summed E-state index contributed by atoms with van der Waals surface area (Å²) in [5.41, 5.74) is 2.04. The van der Waals surface area contributed by atoms with Crippen molar-refractivity contribution >= 4 is 17.1 Å². The molecule has 0 aromatic carbocycles. The van der Waals surface area contributed by atoms with Crippen LogP contribution in [0.15, 0.2) is 11.0 Å². The van der Waals surface area contributed by atoms with Crippen LogP contribution in [0.4, 0.5) is 5.95 Å². The van der Waals surface area contributed by atoms with E-state index in [4.69, 9.17) is 4.98 Å². The highest BCUT2D eigenvalue weighted by molar-refractivity contribution is 5.72. The molecular weight excluding hydrogens is 338 g/mol. The second kappa shape index (κ2) is 6.95.